The Kier molecular flexibility index (Phi) is 6.95. The van der Waals surface area contributed by atoms with E-state index in [9.17, 15) is 18.0 Å². The van der Waals surface area contributed by atoms with Gasteiger partial charge >= 0.3 is 0 Å². The largest absolute Gasteiger partial charge is 0.349 e. The minimum atomic E-state index is -3.02. The van der Waals surface area contributed by atoms with Gasteiger partial charge in [0, 0.05) is 37.3 Å². The molecule has 2 heterocycles. The molecule has 1 aromatic carbocycles. The van der Waals surface area contributed by atoms with Crippen LogP contribution in [0.15, 0.2) is 30.3 Å². The molecule has 2 aliphatic rings. The predicted molar refractivity (Wildman–Crippen MR) is 112 cm³/mol. The number of likely N-dealkylation sites (N-methyl/N-ethyl adjacent to an activating group) is 1. The van der Waals surface area contributed by atoms with Gasteiger partial charge in [-0.1, -0.05) is 18.2 Å². The summed E-state index contributed by atoms with van der Waals surface area (Å²) < 4.78 is 23.6. The minimum Gasteiger partial charge on any atom is -0.349 e. The molecule has 2 amide bonds. The molecule has 7 nitrogen and oxygen atoms in total. The van der Waals surface area contributed by atoms with Crippen molar-refractivity contribution < 1.29 is 18.0 Å². The van der Waals surface area contributed by atoms with Crippen molar-refractivity contribution in [2.24, 2.45) is 0 Å². The number of carbonyl (C=O) groups is 2. The van der Waals surface area contributed by atoms with Crippen LogP contribution in [0.2, 0.25) is 0 Å². The number of benzene rings is 1. The first-order valence-corrected chi connectivity index (χ1v) is 12.2. The van der Waals surface area contributed by atoms with Crippen LogP contribution in [0.4, 0.5) is 0 Å². The average Bonchev–Trinajstić information content (AvgIpc) is 3.08. The summed E-state index contributed by atoms with van der Waals surface area (Å²) >= 11 is 0. The molecule has 0 aliphatic carbocycles. The smallest absolute Gasteiger partial charge is 0.251 e. The first-order valence-electron chi connectivity index (χ1n) is 10.4. The molecular weight excluding hydrogens is 390 g/mol. The SMILES string of the molecule is CCN(C(=O)[C@@H](C)N1CCC(NC(=O)c2ccccc2)CC1)[C@@H]1CCS(=O)(=O)C1. The van der Waals surface area contributed by atoms with Gasteiger partial charge in [0.2, 0.25) is 5.91 Å². The Morgan fingerprint density at radius 1 is 1.17 bits per heavy atom. The van der Waals surface area contributed by atoms with Crippen molar-refractivity contribution in [3.8, 4) is 0 Å². The van der Waals surface area contributed by atoms with E-state index in [0.717, 1.165) is 25.9 Å². The lowest BCUT2D eigenvalue weighted by Gasteiger charge is -2.38. The number of sulfone groups is 1. The zero-order valence-corrected chi connectivity index (χ0v) is 18.0. The van der Waals surface area contributed by atoms with E-state index in [1.54, 1.807) is 17.0 Å². The number of rotatable bonds is 6. The van der Waals surface area contributed by atoms with Gasteiger partial charge in [-0.05, 0) is 45.2 Å². The lowest BCUT2D eigenvalue weighted by molar-refractivity contribution is -0.138. The lowest BCUT2D eigenvalue weighted by atomic mass is 10.0. The Morgan fingerprint density at radius 3 is 2.38 bits per heavy atom. The summed E-state index contributed by atoms with van der Waals surface area (Å²) in [4.78, 5) is 29.2. The highest BCUT2D eigenvalue weighted by Gasteiger charge is 2.37. The molecule has 0 bridgehead atoms. The van der Waals surface area contributed by atoms with E-state index < -0.39 is 9.84 Å². The van der Waals surface area contributed by atoms with E-state index >= 15 is 0 Å². The van der Waals surface area contributed by atoms with Gasteiger partial charge in [-0.15, -0.1) is 0 Å². The molecule has 0 saturated carbocycles. The summed E-state index contributed by atoms with van der Waals surface area (Å²) in [7, 11) is -3.02. The second-order valence-corrected chi connectivity index (χ2v) is 10.2. The highest BCUT2D eigenvalue weighted by molar-refractivity contribution is 7.91. The third kappa shape index (κ3) is 5.36. The molecular formula is C21H31N3O4S. The molecule has 2 aliphatic heterocycles. The van der Waals surface area contributed by atoms with E-state index in [4.69, 9.17) is 0 Å². The number of hydrogen-bond donors (Lipinski definition) is 1. The predicted octanol–water partition coefficient (Wildman–Crippen LogP) is 1.30. The molecule has 160 valence electrons. The molecule has 1 N–H and O–H groups in total. The Balaban J connectivity index is 1.52. The molecule has 0 radical (unpaired) electrons. The maximum atomic E-state index is 13.0. The Bertz CT molecular complexity index is 820. The van der Waals surface area contributed by atoms with Crippen LogP contribution in [0.1, 0.15) is 43.5 Å². The number of amides is 2. The zero-order valence-electron chi connectivity index (χ0n) is 17.2. The summed E-state index contributed by atoms with van der Waals surface area (Å²) in [5.41, 5.74) is 0.656. The molecule has 0 spiro atoms. The van der Waals surface area contributed by atoms with Crippen molar-refractivity contribution in [2.75, 3.05) is 31.1 Å². The monoisotopic (exact) mass is 421 g/mol. The van der Waals surface area contributed by atoms with Gasteiger partial charge in [0.1, 0.15) is 0 Å². The minimum absolute atomic E-state index is 0.00127. The van der Waals surface area contributed by atoms with Crippen LogP contribution in [-0.4, -0.2) is 79.3 Å². The fourth-order valence-electron chi connectivity index (χ4n) is 4.30. The molecule has 2 atom stereocenters. The van der Waals surface area contributed by atoms with Crippen LogP contribution in [-0.2, 0) is 14.6 Å². The molecule has 29 heavy (non-hydrogen) atoms. The first kappa shape index (κ1) is 21.8. The van der Waals surface area contributed by atoms with Gasteiger partial charge in [0.15, 0.2) is 9.84 Å². The van der Waals surface area contributed by atoms with E-state index in [2.05, 4.69) is 10.2 Å². The van der Waals surface area contributed by atoms with Crippen molar-refractivity contribution in [1.82, 2.24) is 15.1 Å². The van der Waals surface area contributed by atoms with Crippen LogP contribution in [0.3, 0.4) is 0 Å². The number of piperidine rings is 1. The summed E-state index contributed by atoms with van der Waals surface area (Å²) in [5.74, 6) is 0.184. The van der Waals surface area contributed by atoms with Crippen LogP contribution in [0.5, 0.6) is 0 Å². The maximum absolute atomic E-state index is 13.0. The third-order valence-electron chi connectivity index (χ3n) is 6.08. The van der Waals surface area contributed by atoms with Crippen molar-refractivity contribution in [1.29, 1.82) is 0 Å². The van der Waals surface area contributed by atoms with Crippen LogP contribution >= 0.6 is 0 Å². The summed E-state index contributed by atoms with van der Waals surface area (Å²) in [5, 5.41) is 3.08. The Labute approximate surface area is 173 Å². The molecule has 3 rings (SSSR count). The molecule has 2 fully saturated rings. The van der Waals surface area contributed by atoms with Crippen molar-refractivity contribution in [3.05, 3.63) is 35.9 Å². The molecule has 0 unspecified atom stereocenters. The topological polar surface area (TPSA) is 86.8 Å². The quantitative estimate of drug-likeness (QED) is 0.748. The Morgan fingerprint density at radius 2 is 1.83 bits per heavy atom. The zero-order chi connectivity index (χ0) is 21.0. The lowest BCUT2D eigenvalue weighted by Crippen LogP contribution is -2.54. The highest BCUT2D eigenvalue weighted by Crippen LogP contribution is 2.21. The number of nitrogens with zero attached hydrogens (tertiary/aromatic N) is 2. The van der Waals surface area contributed by atoms with Crippen LogP contribution in [0, 0.1) is 0 Å². The second kappa shape index (κ2) is 9.26. The van der Waals surface area contributed by atoms with Gasteiger partial charge in [-0.3, -0.25) is 14.5 Å². The fraction of sp³-hybridized carbons (Fsp3) is 0.619. The molecule has 2 saturated heterocycles. The summed E-state index contributed by atoms with van der Waals surface area (Å²) in [6.45, 7) is 5.78. The number of nitrogens with one attached hydrogen (secondary N) is 1. The molecule has 0 aromatic heterocycles. The van der Waals surface area contributed by atoms with E-state index in [1.807, 2.05) is 32.0 Å². The summed E-state index contributed by atoms with van der Waals surface area (Å²) in [6.07, 6.45) is 2.11. The number of likely N-dealkylation sites (tertiary alicyclic amines) is 1. The van der Waals surface area contributed by atoms with Gasteiger partial charge in [0.05, 0.1) is 17.5 Å². The van der Waals surface area contributed by atoms with Crippen molar-refractivity contribution in [3.63, 3.8) is 0 Å². The molecule has 8 heteroatoms. The van der Waals surface area contributed by atoms with Gasteiger partial charge in [-0.2, -0.15) is 0 Å². The van der Waals surface area contributed by atoms with Gasteiger partial charge in [-0.25, -0.2) is 8.42 Å². The van der Waals surface area contributed by atoms with E-state index in [1.165, 1.54) is 0 Å². The fourth-order valence-corrected chi connectivity index (χ4v) is 6.03. The standard InChI is InChI=1S/C21H31N3O4S/c1-3-24(19-11-14-29(27,28)15-19)21(26)16(2)23-12-9-18(10-13-23)22-20(25)17-7-5-4-6-8-17/h4-8,16,18-19H,3,9-15H2,1-2H3,(H,22,25)/t16-,19-/m1/s1. The summed E-state index contributed by atoms with van der Waals surface area (Å²) in [6, 6.07) is 8.78. The van der Waals surface area contributed by atoms with Crippen LogP contribution in [0.25, 0.3) is 0 Å². The molecule has 1 aromatic rings. The first-order chi connectivity index (χ1) is 13.8. The van der Waals surface area contributed by atoms with Crippen molar-refractivity contribution >= 4 is 21.7 Å². The number of carbonyl (C=O) groups excluding carboxylic acids is 2. The average molecular weight is 422 g/mol. The van der Waals surface area contributed by atoms with E-state index in [0.29, 0.717) is 18.5 Å². The van der Waals surface area contributed by atoms with Crippen LogP contribution < -0.4 is 5.32 Å². The normalized spacial score (nSPS) is 23.4. The maximum Gasteiger partial charge on any atom is 0.251 e. The van der Waals surface area contributed by atoms with E-state index in [-0.39, 0.29) is 41.4 Å². The third-order valence-corrected chi connectivity index (χ3v) is 7.83. The Hall–Kier alpha value is -1.93. The van der Waals surface area contributed by atoms with Crippen molar-refractivity contribution in [2.45, 2.75) is 51.2 Å². The van der Waals surface area contributed by atoms with Gasteiger partial charge < -0.3 is 10.2 Å². The number of hydrogen-bond acceptors (Lipinski definition) is 5. The highest BCUT2D eigenvalue weighted by atomic mass is 32.2. The van der Waals surface area contributed by atoms with Gasteiger partial charge in [0.25, 0.3) is 5.91 Å². The second-order valence-electron chi connectivity index (χ2n) is 8.01.